The summed E-state index contributed by atoms with van der Waals surface area (Å²) in [4.78, 5) is 11.3. The average molecular weight is 215 g/mol. The van der Waals surface area contributed by atoms with Gasteiger partial charge in [-0.1, -0.05) is 24.9 Å². The second kappa shape index (κ2) is 8.08. The van der Waals surface area contributed by atoms with Gasteiger partial charge in [0.2, 0.25) is 5.91 Å². The Labute approximate surface area is 90.7 Å². The summed E-state index contributed by atoms with van der Waals surface area (Å²) in [7, 11) is 0. The molecule has 0 aromatic heterocycles. The average Bonchev–Trinajstić information content (AvgIpc) is 2.17. The standard InChI is InChI=1S/C10H21N3O2/c1-3-4-5-6-10(14)12-8(2)7-9(11)13-15/h8,15H,3-7H2,1-2H3,(H2,11,13)(H,12,14). The number of carbonyl (C=O) groups excluding carboxylic acids is 1. The Morgan fingerprint density at radius 2 is 2.20 bits per heavy atom. The smallest absolute Gasteiger partial charge is 0.220 e. The van der Waals surface area contributed by atoms with E-state index in [0.717, 1.165) is 19.3 Å². The molecule has 88 valence electrons. The molecule has 0 radical (unpaired) electrons. The minimum Gasteiger partial charge on any atom is -0.409 e. The molecule has 1 amide bonds. The third-order valence-electron chi connectivity index (χ3n) is 2.06. The van der Waals surface area contributed by atoms with Crippen LogP contribution in [0.1, 0.15) is 46.0 Å². The molecule has 0 aliphatic carbocycles. The van der Waals surface area contributed by atoms with E-state index in [-0.39, 0.29) is 17.8 Å². The van der Waals surface area contributed by atoms with Crippen molar-refractivity contribution < 1.29 is 10.0 Å². The Morgan fingerprint density at radius 1 is 1.53 bits per heavy atom. The SMILES string of the molecule is CCCCCC(=O)NC(C)CC(N)=NO. The van der Waals surface area contributed by atoms with Crippen LogP contribution in [0.25, 0.3) is 0 Å². The van der Waals surface area contributed by atoms with Crippen molar-refractivity contribution in [3.63, 3.8) is 0 Å². The van der Waals surface area contributed by atoms with Crippen LogP contribution in [-0.2, 0) is 4.79 Å². The molecule has 5 nitrogen and oxygen atoms in total. The second-order valence-corrected chi connectivity index (χ2v) is 3.72. The number of amides is 1. The monoisotopic (exact) mass is 215 g/mol. The molecule has 1 unspecified atom stereocenters. The molecule has 0 aliphatic rings. The first kappa shape index (κ1) is 13.7. The molecule has 0 aliphatic heterocycles. The lowest BCUT2D eigenvalue weighted by Gasteiger charge is -2.12. The van der Waals surface area contributed by atoms with Gasteiger partial charge in [0.15, 0.2) is 0 Å². The highest BCUT2D eigenvalue weighted by Gasteiger charge is 2.08. The van der Waals surface area contributed by atoms with Gasteiger partial charge in [-0.3, -0.25) is 4.79 Å². The lowest BCUT2D eigenvalue weighted by Crippen LogP contribution is -2.35. The van der Waals surface area contributed by atoms with Crippen LogP contribution in [0.15, 0.2) is 5.16 Å². The third kappa shape index (κ3) is 7.78. The number of nitrogens with one attached hydrogen (secondary N) is 1. The third-order valence-corrected chi connectivity index (χ3v) is 2.06. The summed E-state index contributed by atoms with van der Waals surface area (Å²) in [5.74, 6) is 0.165. The van der Waals surface area contributed by atoms with E-state index in [2.05, 4.69) is 17.4 Å². The van der Waals surface area contributed by atoms with Gasteiger partial charge in [-0.05, 0) is 13.3 Å². The molecule has 0 heterocycles. The van der Waals surface area contributed by atoms with E-state index in [0.29, 0.717) is 12.8 Å². The number of nitrogens with zero attached hydrogens (tertiary/aromatic N) is 1. The Balaban J connectivity index is 3.67. The van der Waals surface area contributed by atoms with Crippen molar-refractivity contribution in [3.05, 3.63) is 0 Å². The highest BCUT2D eigenvalue weighted by Crippen LogP contribution is 1.99. The number of oxime groups is 1. The first-order chi connectivity index (χ1) is 7.10. The molecule has 4 N–H and O–H groups in total. The highest BCUT2D eigenvalue weighted by atomic mass is 16.4. The zero-order valence-electron chi connectivity index (χ0n) is 9.49. The number of unbranched alkanes of at least 4 members (excludes halogenated alkanes) is 2. The van der Waals surface area contributed by atoms with Crippen LogP contribution >= 0.6 is 0 Å². The van der Waals surface area contributed by atoms with Crippen molar-refractivity contribution in [2.45, 2.75) is 52.0 Å². The molecule has 15 heavy (non-hydrogen) atoms. The fourth-order valence-electron chi connectivity index (χ4n) is 1.29. The summed E-state index contributed by atoms with van der Waals surface area (Å²) >= 11 is 0. The Hall–Kier alpha value is -1.26. The molecule has 0 fully saturated rings. The normalized spacial score (nSPS) is 13.6. The molecule has 0 bridgehead atoms. The Kier molecular flexibility index (Phi) is 7.40. The molecular weight excluding hydrogens is 194 g/mol. The van der Waals surface area contributed by atoms with Crippen molar-refractivity contribution in [2.24, 2.45) is 10.9 Å². The Bertz CT molecular complexity index is 217. The van der Waals surface area contributed by atoms with Gasteiger partial charge < -0.3 is 16.3 Å². The minimum absolute atomic E-state index is 0.0293. The summed E-state index contributed by atoms with van der Waals surface area (Å²) in [6.07, 6.45) is 4.01. The maximum absolute atomic E-state index is 11.3. The largest absolute Gasteiger partial charge is 0.409 e. The fourth-order valence-corrected chi connectivity index (χ4v) is 1.29. The van der Waals surface area contributed by atoms with Crippen LogP contribution in [-0.4, -0.2) is 23.0 Å². The number of rotatable bonds is 7. The van der Waals surface area contributed by atoms with Gasteiger partial charge in [0.25, 0.3) is 0 Å². The van der Waals surface area contributed by atoms with E-state index in [1.54, 1.807) is 0 Å². The van der Waals surface area contributed by atoms with Crippen molar-refractivity contribution in [3.8, 4) is 0 Å². The first-order valence-electron chi connectivity index (χ1n) is 5.35. The lowest BCUT2D eigenvalue weighted by molar-refractivity contribution is -0.121. The zero-order valence-corrected chi connectivity index (χ0v) is 9.49. The van der Waals surface area contributed by atoms with Gasteiger partial charge in [0.1, 0.15) is 5.84 Å². The van der Waals surface area contributed by atoms with Crippen LogP contribution in [0.5, 0.6) is 0 Å². The van der Waals surface area contributed by atoms with Gasteiger partial charge in [-0.25, -0.2) is 0 Å². The van der Waals surface area contributed by atoms with Gasteiger partial charge in [0.05, 0.1) is 0 Å². The van der Waals surface area contributed by atoms with Crippen molar-refractivity contribution in [1.29, 1.82) is 0 Å². The number of nitrogens with two attached hydrogens (primary N) is 1. The second-order valence-electron chi connectivity index (χ2n) is 3.72. The lowest BCUT2D eigenvalue weighted by atomic mass is 10.1. The molecule has 0 saturated carbocycles. The topological polar surface area (TPSA) is 87.7 Å². The Morgan fingerprint density at radius 3 is 2.73 bits per heavy atom. The maximum Gasteiger partial charge on any atom is 0.220 e. The molecule has 1 atom stereocenters. The van der Waals surface area contributed by atoms with Crippen LogP contribution in [0, 0.1) is 0 Å². The van der Waals surface area contributed by atoms with Crippen molar-refractivity contribution >= 4 is 11.7 Å². The molecule has 5 heteroatoms. The number of hydrogen-bond acceptors (Lipinski definition) is 3. The molecule has 0 rings (SSSR count). The fraction of sp³-hybridized carbons (Fsp3) is 0.800. The molecule has 0 aromatic carbocycles. The first-order valence-corrected chi connectivity index (χ1v) is 5.35. The number of hydrogen-bond donors (Lipinski definition) is 3. The van der Waals surface area contributed by atoms with Gasteiger partial charge in [0, 0.05) is 18.9 Å². The summed E-state index contributed by atoms with van der Waals surface area (Å²) in [5.41, 5.74) is 5.32. The number of carbonyl (C=O) groups is 1. The van der Waals surface area contributed by atoms with Crippen LogP contribution in [0.3, 0.4) is 0 Å². The van der Waals surface area contributed by atoms with Crippen LogP contribution in [0.2, 0.25) is 0 Å². The van der Waals surface area contributed by atoms with Gasteiger partial charge in [-0.2, -0.15) is 0 Å². The van der Waals surface area contributed by atoms with E-state index in [4.69, 9.17) is 10.9 Å². The van der Waals surface area contributed by atoms with E-state index >= 15 is 0 Å². The minimum atomic E-state index is -0.0879. The zero-order chi connectivity index (χ0) is 11.7. The van der Waals surface area contributed by atoms with Crippen LogP contribution in [0.4, 0.5) is 0 Å². The summed E-state index contributed by atoms with van der Waals surface area (Å²) in [6.45, 7) is 3.93. The molecule has 0 aromatic rings. The van der Waals surface area contributed by atoms with Crippen LogP contribution < -0.4 is 11.1 Å². The summed E-state index contributed by atoms with van der Waals surface area (Å²) in [5, 5.41) is 14.0. The maximum atomic E-state index is 11.3. The predicted molar refractivity (Wildman–Crippen MR) is 59.8 cm³/mol. The predicted octanol–water partition coefficient (Wildman–Crippen LogP) is 1.21. The highest BCUT2D eigenvalue weighted by molar-refractivity contribution is 5.81. The van der Waals surface area contributed by atoms with Gasteiger partial charge in [-0.15, -0.1) is 0 Å². The molecule has 0 spiro atoms. The molecule has 0 saturated heterocycles. The quantitative estimate of drug-likeness (QED) is 0.196. The van der Waals surface area contributed by atoms with Crippen molar-refractivity contribution in [2.75, 3.05) is 0 Å². The van der Waals surface area contributed by atoms with Crippen molar-refractivity contribution in [1.82, 2.24) is 5.32 Å². The molecular formula is C10H21N3O2. The van der Waals surface area contributed by atoms with E-state index in [1.807, 2.05) is 6.92 Å². The number of amidine groups is 1. The summed E-state index contributed by atoms with van der Waals surface area (Å²) in [6, 6.07) is -0.0879. The summed E-state index contributed by atoms with van der Waals surface area (Å²) < 4.78 is 0. The van der Waals surface area contributed by atoms with E-state index in [9.17, 15) is 4.79 Å². The van der Waals surface area contributed by atoms with E-state index in [1.165, 1.54) is 0 Å². The van der Waals surface area contributed by atoms with E-state index < -0.39 is 0 Å². The van der Waals surface area contributed by atoms with Gasteiger partial charge >= 0.3 is 0 Å².